The summed E-state index contributed by atoms with van der Waals surface area (Å²) >= 11 is 0. The van der Waals surface area contributed by atoms with E-state index in [1.54, 1.807) is 0 Å². The van der Waals surface area contributed by atoms with Gasteiger partial charge in [0, 0.05) is 12.3 Å². The molecule has 1 saturated carbocycles. The molecule has 0 aromatic rings. The fraction of sp³-hybridized carbons (Fsp3) is 0.500. The maximum atomic E-state index is 12.6. The normalized spacial score (nSPS) is 39.9. The van der Waals surface area contributed by atoms with Gasteiger partial charge in [-0.05, 0) is 0 Å². The van der Waals surface area contributed by atoms with Gasteiger partial charge < -0.3 is 5.11 Å². The number of carboxylic acid groups (broad SMARTS) is 1. The number of carboxylic acids is 1. The lowest BCUT2D eigenvalue weighted by atomic mass is 10.3. The Morgan fingerprint density at radius 1 is 2.00 bits per heavy atom. The summed E-state index contributed by atoms with van der Waals surface area (Å²) < 4.78 is 12.6. The second-order valence-corrected chi connectivity index (χ2v) is 2.21. The molecule has 0 aromatic carbocycles. The Hall–Kier alpha value is -0.860. The highest BCUT2D eigenvalue weighted by molar-refractivity contribution is 5.82. The average Bonchev–Trinajstić information content (AvgIpc) is 2.44. The van der Waals surface area contributed by atoms with Crippen molar-refractivity contribution in [3.05, 3.63) is 12.7 Å². The summed E-state index contributed by atoms with van der Waals surface area (Å²) in [5.41, 5.74) is -1.98. The molecule has 1 N–H and O–H groups in total. The highest BCUT2D eigenvalue weighted by Gasteiger charge is 2.60. The van der Waals surface area contributed by atoms with E-state index in [0.717, 1.165) is 0 Å². The third kappa shape index (κ3) is 0.724. The largest absolute Gasteiger partial charge is 0.479 e. The minimum Gasteiger partial charge on any atom is -0.479 e. The molecule has 50 valence electrons. The molecule has 1 fully saturated rings. The van der Waals surface area contributed by atoms with E-state index in [2.05, 4.69) is 6.58 Å². The number of hydrogen-bond acceptors (Lipinski definition) is 1. The average molecular weight is 130 g/mol. The SMILES string of the molecule is C=C[C@H]1C[C@]1(F)C(=O)O. The first kappa shape index (κ1) is 6.26. The molecular formula is C6H7FO2. The van der Waals surface area contributed by atoms with Crippen LogP contribution in [0.5, 0.6) is 0 Å². The van der Waals surface area contributed by atoms with Crippen molar-refractivity contribution in [3.8, 4) is 0 Å². The molecule has 1 aliphatic carbocycles. The Kier molecular flexibility index (Phi) is 1.08. The van der Waals surface area contributed by atoms with Gasteiger partial charge in [0.1, 0.15) is 0 Å². The number of aliphatic carboxylic acids is 1. The molecule has 0 aliphatic heterocycles. The van der Waals surface area contributed by atoms with Crippen LogP contribution in [-0.4, -0.2) is 16.7 Å². The molecule has 0 saturated heterocycles. The third-order valence-electron chi connectivity index (χ3n) is 1.58. The first-order chi connectivity index (χ1) is 4.11. The van der Waals surface area contributed by atoms with Crippen LogP contribution in [0.2, 0.25) is 0 Å². The highest BCUT2D eigenvalue weighted by atomic mass is 19.1. The van der Waals surface area contributed by atoms with Crippen LogP contribution in [0.4, 0.5) is 4.39 Å². The molecule has 2 atom stereocenters. The van der Waals surface area contributed by atoms with Crippen LogP contribution in [0.1, 0.15) is 6.42 Å². The number of carbonyl (C=O) groups is 1. The van der Waals surface area contributed by atoms with Crippen LogP contribution >= 0.6 is 0 Å². The molecule has 0 amide bonds. The zero-order valence-corrected chi connectivity index (χ0v) is 4.80. The van der Waals surface area contributed by atoms with Crippen LogP contribution in [0.3, 0.4) is 0 Å². The quantitative estimate of drug-likeness (QED) is 0.566. The fourth-order valence-electron chi connectivity index (χ4n) is 0.777. The Morgan fingerprint density at radius 2 is 2.56 bits per heavy atom. The second-order valence-electron chi connectivity index (χ2n) is 2.21. The summed E-state index contributed by atoms with van der Waals surface area (Å²) in [7, 11) is 0. The van der Waals surface area contributed by atoms with Gasteiger partial charge in [-0.2, -0.15) is 0 Å². The molecule has 1 aliphatic rings. The van der Waals surface area contributed by atoms with Crippen LogP contribution in [-0.2, 0) is 4.79 Å². The predicted octanol–water partition coefficient (Wildman–Crippen LogP) is 0.985. The van der Waals surface area contributed by atoms with Crippen molar-refractivity contribution in [3.63, 3.8) is 0 Å². The van der Waals surface area contributed by atoms with Gasteiger partial charge >= 0.3 is 5.97 Å². The standard InChI is InChI=1S/C6H7FO2/c1-2-4-3-6(4,7)5(8)9/h2,4H,1,3H2,(H,8,9)/t4-,6+/m0/s1. The molecule has 0 heterocycles. The fourth-order valence-corrected chi connectivity index (χ4v) is 0.777. The van der Waals surface area contributed by atoms with E-state index in [1.807, 2.05) is 0 Å². The van der Waals surface area contributed by atoms with Crippen LogP contribution in [0.25, 0.3) is 0 Å². The van der Waals surface area contributed by atoms with Crippen molar-refractivity contribution in [1.29, 1.82) is 0 Å². The summed E-state index contributed by atoms with van der Waals surface area (Å²) in [5, 5.41) is 8.19. The van der Waals surface area contributed by atoms with E-state index < -0.39 is 17.6 Å². The van der Waals surface area contributed by atoms with Crippen molar-refractivity contribution in [2.45, 2.75) is 12.1 Å². The molecule has 0 radical (unpaired) electrons. The second kappa shape index (κ2) is 1.56. The Labute approximate surface area is 52.0 Å². The first-order valence-electron chi connectivity index (χ1n) is 2.66. The molecule has 0 spiro atoms. The van der Waals surface area contributed by atoms with Gasteiger partial charge in [-0.1, -0.05) is 6.08 Å². The number of hydrogen-bond donors (Lipinski definition) is 1. The van der Waals surface area contributed by atoms with Gasteiger partial charge in [0.2, 0.25) is 5.67 Å². The van der Waals surface area contributed by atoms with Crippen molar-refractivity contribution >= 4 is 5.97 Å². The van der Waals surface area contributed by atoms with E-state index in [-0.39, 0.29) is 6.42 Å². The lowest BCUT2D eigenvalue weighted by Gasteiger charge is -1.94. The molecule has 0 unspecified atom stereocenters. The van der Waals surface area contributed by atoms with Gasteiger partial charge in [-0.3, -0.25) is 0 Å². The molecular weight excluding hydrogens is 123 g/mol. The van der Waals surface area contributed by atoms with Crippen molar-refractivity contribution in [2.75, 3.05) is 0 Å². The van der Waals surface area contributed by atoms with Crippen molar-refractivity contribution in [2.24, 2.45) is 5.92 Å². The first-order valence-corrected chi connectivity index (χ1v) is 2.66. The number of halogens is 1. The monoisotopic (exact) mass is 130 g/mol. The molecule has 9 heavy (non-hydrogen) atoms. The summed E-state index contributed by atoms with van der Waals surface area (Å²) in [4.78, 5) is 10.0. The maximum absolute atomic E-state index is 12.6. The molecule has 1 rings (SSSR count). The summed E-state index contributed by atoms with van der Waals surface area (Å²) in [6, 6.07) is 0. The van der Waals surface area contributed by atoms with Crippen LogP contribution < -0.4 is 0 Å². The van der Waals surface area contributed by atoms with Gasteiger partial charge in [0.15, 0.2) is 0 Å². The lowest BCUT2D eigenvalue weighted by molar-refractivity contribution is -0.144. The molecule has 0 bridgehead atoms. The van der Waals surface area contributed by atoms with Gasteiger partial charge in [-0.15, -0.1) is 6.58 Å². The highest BCUT2D eigenvalue weighted by Crippen LogP contribution is 2.47. The zero-order chi connectivity index (χ0) is 7.07. The number of allylic oxidation sites excluding steroid dienone is 1. The Morgan fingerprint density at radius 3 is 2.67 bits per heavy atom. The topological polar surface area (TPSA) is 37.3 Å². The van der Waals surface area contributed by atoms with Gasteiger partial charge in [-0.25, -0.2) is 9.18 Å². The molecule has 3 heteroatoms. The van der Waals surface area contributed by atoms with E-state index in [1.165, 1.54) is 6.08 Å². The molecule has 0 aromatic heterocycles. The summed E-state index contributed by atoms with van der Waals surface area (Å²) in [6.07, 6.45) is 1.43. The Bertz CT molecular complexity index is 166. The summed E-state index contributed by atoms with van der Waals surface area (Å²) in [6.45, 7) is 3.30. The predicted molar refractivity (Wildman–Crippen MR) is 29.8 cm³/mol. The van der Waals surface area contributed by atoms with Gasteiger partial charge in [0.05, 0.1) is 0 Å². The smallest absolute Gasteiger partial charge is 0.342 e. The molecule has 2 nitrogen and oxygen atoms in total. The zero-order valence-electron chi connectivity index (χ0n) is 4.80. The van der Waals surface area contributed by atoms with Gasteiger partial charge in [0.25, 0.3) is 0 Å². The third-order valence-corrected chi connectivity index (χ3v) is 1.58. The maximum Gasteiger partial charge on any atom is 0.342 e. The van der Waals surface area contributed by atoms with E-state index in [0.29, 0.717) is 0 Å². The van der Waals surface area contributed by atoms with Crippen LogP contribution in [0.15, 0.2) is 12.7 Å². The minimum absolute atomic E-state index is 0.0891. The van der Waals surface area contributed by atoms with Crippen molar-refractivity contribution < 1.29 is 14.3 Å². The number of alkyl halides is 1. The van der Waals surface area contributed by atoms with E-state index >= 15 is 0 Å². The Balaban J connectivity index is 2.62. The number of rotatable bonds is 2. The summed E-state index contributed by atoms with van der Waals surface area (Å²) in [5.74, 6) is -1.83. The van der Waals surface area contributed by atoms with Crippen molar-refractivity contribution in [1.82, 2.24) is 0 Å². The van der Waals surface area contributed by atoms with E-state index in [9.17, 15) is 9.18 Å². The minimum atomic E-state index is -1.98. The lowest BCUT2D eigenvalue weighted by Crippen LogP contribution is -2.17. The van der Waals surface area contributed by atoms with Crippen LogP contribution in [0, 0.1) is 5.92 Å². The van der Waals surface area contributed by atoms with E-state index in [4.69, 9.17) is 5.11 Å².